The van der Waals surface area contributed by atoms with E-state index in [0.717, 1.165) is 37.1 Å². The zero-order chi connectivity index (χ0) is 26.4. The van der Waals surface area contributed by atoms with E-state index in [9.17, 15) is 31.1 Å². The molecule has 1 unspecified atom stereocenters. The minimum absolute atomic E-state index is 0.0816. The predicted octanol–water partition coefficient (Wildman–Crippen LogP) is 7.35. The summed E-state index contributed by atoms with van der Waals surface area (Å²) in [5.74, 6) is 0.0653. The van der Waals surface area contributed by atoms with Gasteiger partial charge in [-0.2, -0.15) is 26.3 Å². The van der Waals surface area contributed by atoms with Gasteiger partial charge in [-0.1, -0.05) is 12.1 Å². The van der Waals surface area contributed by atoms with Crippen LogP contribution in [0.5, 0.6) is 5.75 Å². The van der Waals surface area contributed by atoms with Gasteiger partial charge in [-0.05, 0) is 85.1 Å². The van der Waals surface area contributed by atoms with E-state index in [1.54, 1.807) is 30.3 Å². The number of hydrogen-bond donors (Lipinski definition) is 1. The van der Waals surface area contributed by atoms with Gasteiger partial charge in [-0.25, -0.2) is 0 Å². The van der Waals surface area contributed by atoms with Crippen molar-refractivity contribution >= 4 is 17.3 Å². The molecular weight excluding hydrogens is 498 g/mol. The number of nitrogens with zero attached hydrogens (tertiary/aromatic N) is 1. The summed E-state index contributed by atoms with van der Waals surface area (Å²) in [5.41, 5.74) is -0.450. The van der Waals surface area contributed by atoms with E-state index in [2.05, 4.69) is 5.32 Å². The molecule has 2 aliphatic rings. The molecule has 0 radical (unpaired) electrons. The molecule has 1 aliphatic heterocycles. The summed E-state index contributed by atoms with van der Waals surface area (Å²) in [4.78, 5) is 14.8. The molecule has 0 spiro atoms. The van der Waals surface area contributed by atoms with Crippen molar-refractivity contribution in [2.24, 2.45) is 0 Å². The Bertz CT molecular complexity index is 1330. The highest BCUT2D eigenvalue weighted by Gasteiger charge is 2.37. The second-order valence-corrected chi connectivity index (χ2v) is 8.83. The van der Waals surface area contributed by atoms with Crippen LogP contribution in [0.15, 0.2) is 84.6 Å². The number of halogens is 6. The van der Waals surface area contributed by atoms with Crippen LogP contribution in [0.2, 0.25) is 0 Å². The fourth-order valence-corrected chi connectivity index (χ4v) is 4.04. The quantitative estimate of drug-likeness (QED) is 0.347. The number of alkyl halides is 6. The maximum Gasteiger partial charge on any atom is 0.416 e. The van der Waals surface area contributed by atoms with E-state index in [-0.39, 0.29) is 23.2 Å². The molecule has 4 nitrogen and oxygen atoms in total. The lowest BCUT2D eigenvalue weighted by Crippen LogP contribution is -2.30. The number of nitrogens with one attached hydrogen (secondary N) is 1. The van der Waals surface area contributed by atoms with E-state index >= 15 is 0 Å². The molecule has 1 saturated carbocycles. The highest BCUT2D eigenvalue weighted by Crippen LogP contribution is 2.39. The first-order chi connectivity index (χ1) is 17.5. The van der Waals surface area contributed by atoms with Gasteiger partial charge in [0.05, 0.1) is 23.3 Å². The van der Waals surface area contributed by atoms with Crippen molar-refractivity contribution in [1.82, 2.24) is 0 Å². The molecule has 1 atom stereocenters. The third-order valence-electron chi connectivity index (χ3n) is 6.04. The van der Waals surface area contributed by atoms with E-state index in [1.165, 1.54) is 29.2 Å². The first kappa shape index (κ1) is 24.7. The van der Waals surface area contributed by atoms with Crippen LogP contribution in [0.25, 0.3) is 0 Å². The maximum absolute atomic E-state index is 13.4. The Hall–Kier alpha value is -3.95. The van der Waals surface area contributed by atoms with Gasteiger partial charge in [0.2, 0.25) is 0 Å². The number of ether oxygens (including phenoxy) is 1. The molecule has 0 aromatic heterocycles. The Morgan fingerprint density at radius 1 is 0.811 bits per heavy atom. The van der Waals surface area contributed by atoms with Crippen molar-refractivity contribution in [3.8, 4) is 5.75 Å². The van der Waals surface area contributed by atoms with Crippen LogP contribution in [0.3, 0.4) is 0 Å². The van der Waals surface area contributed by atoms with Crippen molar-refractivity contribution in [1.29, 1.82) is 0 Å². The number of carbonyl (C=O) groups excluding carboxylic acids is 1. The third-order valence-corrected chi connectivity index (χ3v) is 6.04. The molecular formula is C27H20F6N2O2. The summed E-state index contributed by atoms with van der Waals surface area (Å²) >= 11 is 0. The smallest absolute Gasteiger partial charge is 0.416 e. The van der Waals surface area contributed by atoms with E-state index in [0.29, 0.717) is 11.3 Å². The lowest BCUT2D eigenvalue weighted by molar-refractivity contribution is -0.138. The van der Waals surface area contributed by atoms with Gasteiger partial charge >= 0.3 is 12.4 Å². The summed E-state index contributed by atoms with van der Waals surface area (Å²) in [6.07, 6.45) is -5.41. The Morgan fingerprint density at radius 2 is 1.41 bits per heavy atom. The highest BCUT2D eigenvalue weighted by atomic mass is 19.4. The minimum Gasteiger partial charge on any atom is -0.490 e. The number of hydrogen-bond acceptors (Lipinski definition) is 3. The van der Waals surface area contributed by atoms with E-state index < -0.39 is 35.4 Å². The van der Waals surface area contributed by atoms with Gasteiger partial charge in [0.25, 0.3) is 5.91 Å². The molecule has 1 fully saturated rings. The number of carbonyl (C=O) groups is 1. The van der Waals surface area contributed by atoms with Gasteiger partial charge in [0, 0.05) is 11.4 Å². The van der Waals surface area contributed by atoms with Crippen LogP contribution < -0.4 is 15.0 Å². The van der Waals surface area contributed by atoms with Crippen molar-refractivity contribution in [3.63, 3.8) is 0 Å². The van der Waals surface area contributed by atoms with Crippen molar-refractivity contribution in [3.05, 3.63) is 101 Å². The maximum atomic E-state index is 13.4. The molecule has 1 amide bonds. The molecule has 1 aliphatic carbocycles. The van der Waals surface area contributed by atoms with Crippen LogP contribution in [0.1, 0.15) is 35.6 Å². The fourth-order valence-electron chi connectivity index (χ4n) is 4.04. The topological polar surface area (TPSA) is 41.6 Å². The van der Waals surface area contributed by atoms with Crippen LogP contribution in [-0.4, -0.2) is 12.0 Å². The zero-order valence-electron chi connectivity index (χ0n) is 19.1. The molecule has 192 valence electrons. The zero-order valence-corrected chi connectivity index (χ0v) is 19.1. The average Bonchev–Trinajstić information content (AvgIpc) is 3.60. The molecule has 0 saturated heterocycles. The number of anilines is 2. The van der Waals surface area contributed by atoms with Crippen LogP contribution in [0, 0.1) is 0 Å². The number of benzene rings is 3. The van der Waals surface area contributed by atoms with Gasteiger partial charge in [0.15, 0.2) is 0 Å². The largest absolute Gasteiger partial charge is 0.490 e. The number of rotatable bonds is 6. The van der Waals surface area contributed by atoms with Crippen molar-refractivity contribution in [2.75, 3.05) is 10.2 Å². The normalized spacial score (nSPS) is 18.1. The van der Waals surface area contributed by atoms with Gasteiger partial charge < -0.3 is 10.1 Å². The summed E-state index contributed by atoms with van der Waals surface area (Å²) in [6.45, 7) is 0. The SMILES string of the molecule is O=C1C(Nc2ccc(C(F)(F)F)cc2)=CC(c2cccc(OC3CC3)c2)N1c1ccc(C(F)(F)F)cc1. The Kier molecular flexibility index (Phi) is 6.13. The molecule has 1 N–H and O–H groups in total. The number of amides is 1. The van der Waals surface area contributed by atoms with Crippen LogP contribution in [-0.2, 0) is 17.1 Å². The van der Waals surface area contributed by atoms with Gasteiger partial charge in [0.1, 0.15) is 11.4 Å². The van der Waals surface area contributed by atoms with Crippen molar-refractivity contribution in [2.45, 2.75) is 37.3 Å². The lowest BCUT2D eigenvalue weighted by Gasteiger charge is -2.26. The molecule has 3 aromatic rings. The average molecular weight is 518 g/mol. The molecule has 5 rings (SSSR count). The van der Waals surface area contributed by atoms with Gasteiger partial charge in [-0.15, -0.1) is 0 Å². The third kappa shape index (κ3) is 5.42. The van der Waals surface area contributed by atoms with Crippen LogP contribution >= 0.6 is 0 Å². The Morgan fingerprint density at radius 3 is 1.97 bits per heavy atom. The molecule has 3 aromatic carbocycles. The lowest BCUT2D eigenvalue weighted by atomic mass is 10.1. The minimum atomic E-state index is -4.53. The first-order valence-corrected chi connectivity index (χ1v) is 11.4. The monoisotopic (exact) mass is 518 g/mol. The van der Waals surface area contributed by atoms with E-state index in [1.807, 2.05) is 0 Å². The summed E-state index contributed by atoms with van der Waals surface area (Å²) in [5, 5.41) is 2.85. The standard InChI is InChI=1S/C27H20F6N2O2/c28-26(29,30)17-4-8-19(9-5-17)34-23-15-24(16-2-1-3-22(14-16)37-21-12-13-21)35(25(23)36)20-10-6-18(7-11-20)27(31,32)33/h1-11,14-15,21,24,34H,12-13H2. The summed E-state index contributed by atoms with van der Waals surface area (Å²) in [7, 11) is 0. The Labute approximate surface area is 208 Å². The van der Waals surface area contributed by atoms with E-state index in [4.69, 9.17) is 4.74 Å². The van der Waals surface area contributed by atoms with Gasteiger partial charge in [-0.3, -0.25) is 9.69 Å². The molecule has 1 heterocycles. The molecule has 0 bridgehead atoms. The summed E-state index contributed by atoms with van der Waals surface area (Å²) < 4.78 is 83.8. The second-order valence-electron chi connectivity index (χ2n) is 8.83. The second kappa shape index (κ2) is 9.17. The van der Waals surface area contributed by atoms with Crippen molar-refractivity contribution < 1.29 is 35.9 Å². The highest BCUT2D eigenvalue weighted by molar-refractivity contribution is 6.11. The predicted molar refractivity (Wildman–Crippen MR) is 125 cm³/mol. The van der Waals surface area contributed by atoms with Crippen LogP contribution in [0.4, 0.5) is 37.7 Å². The molecule has 10 heteroatoms. The first-order valence-electron chi connectivity index (χ1n) is 11.4. The molecule has 37 heavy (non-hydrogen) atoms. The Balaban J connectivity index is 1.48. The summed E-state index contributed by atoms with van der Waals surface area (Å²) in [6, 6.07) is 14.8. The fraction of sp³-hybridized carbons (Fsp3) is 0.222.